The molecule has 2 aromatic heterocycles. The lowest BCUT2D eigenvalue weighted by Gasteiger charge is -2.08. The molecule has 0 bridgehead atoms. The number of hydrogen-bond acceptors (Lipinski definition) is 4. The first-order valence-electron chi connectivity index (χ1n) is 5.54. The summed E-state index contributed by atoms with van der Waals surface area (Å²) in [4.78, 5) is 4.04. The molecule has 4 nitrogen and oxygen atoms in total. The monoisotopic (exact) mass is 232 g/mol. The molecule has 0 aliphatic rings. The van der Waals surface area contributed by atoms with E-state index in [9.17, 15) is 5.11 Å². The number of aryl methyl sites for hydroxylation is 2. The molecule has 0 aromatic carbocycles. The highest BCUT2D eigenvalue weighted by Gasteiger charge is 2.05. The molecule has 0 saturated carbocycles. The number of hydrogen-bond donors (Lipinski definition) is 2. The third kappa shape index (κ3) is 2.65. The van der Waals surface area contributed by atoms with Gasteiger partial charge in [0.25, 0.3) is 0 Å². The summed E-state index contributed by atoms with van der Waals surface area (Å²) in [5, 5.41) is 12.4. The lowest BCUT2D eigenvalue weighted by molar-refractivity contribution is 0.282. The van der Waals surface area contributed by atoms with Crippen LogP contribution in [0.3, 0.4) is 0 Å². The zero-order valence-electron chi connectivity index (χ0n) is 10.0. The van der Waals surface area contributed by atoms with Crippen LogP contribution in [0.15, 0.2) is 28.9 Å². The minimum atomic E-state index is 0.00818. The van der Waals surface area contributed by atoms with Crippen LogP contribution in [-0.2, 0) is 13.2 Å². The Morgan fingerprint density at radius 3 is 2.82 bits per heavy atom. The molecular weight excluding hydrogens is 216 g/mol. The van der Waals surface area contributed by atoms with Crippen molar-refractivity contribution in [2.45, 2.75) is 27.0 Å². The van der Waals surface area contributed by atoms with Gasteiger partial charge in [0.2, 0.25) is 0 Å². The predicted octanol–water partition coefficient (Wildman–Crippen LogP) is 2.40. The Bertz CT molecular complexity index is 506. The minimum absolute atomic E-state index is 0.00818. The molecule has 0 atom stereocenters. The minimum Gasteiger partial charge on any atom is -0.466 e. The molecule has 0 aliphatic carbocycles. The number of nitrogens with one attached hydrogen (secondary N) is 1. The van der Waals surface area contributed by atoms with E-state index in [0.29, 0.717) is 6.54 Å². The second kappa shape index (κ2) is 5.01. The zero-order valence-corrected chi connectivity index (χ0v) is 10.0. The molecule has 0 unspecified atom stereocenters. The van der Waals surface area contributed by atoms with Gasteiger partial charge in [0.05, 0.1) is 18.5 Å². The number of rotatable bonds is 4. The highest BCUT2D eigenvalue weighted by molar-refractivity contribution is 5.49. The van der Waals surface area contributed by atoms with Crippen LogP contribution in [0, 0.1) is 13.8 Å². The number of aliphatic hydroxyl groups excluding tert-OH is 1. The Morgan fingerprint density at radius 1 is 1.35 bits per heavy atom. The summed E-state index contributed by atoms with van der Waals surface area (Å²) >= 11 is 0. The molecule has 90 valence electrons. The van der Waals surface area contributed by atoms with Gasteiger partial charge in [0.1, 0.15) is 11.5 Å². The van der Waals surface area contributed by atoms with E-state index >= 15 is 0 Å². The van der Waals surface area contributed by atoms with Gasteiger partial charge < -0.3 is 14.8 Å². The maximum Gasteiger partial charge on any atom is 0.106 e. The van der Waals surface area contributed by atoms with Gasteiger partial charge in [-0.15, -0.1) is 0 Å². The van der Waals surface area contributed by atoms with Crippen LogP contribution < -0.4 is 5.32 Å². The van der Waals surface area contributed by atoms with Crippen LogP contribution in [0.1, 0.15) is 22.6 Å². The molecule has 4 heteroatoms. The van der Waals surface area contributed by atoms with Crippen molar-refractivity contribution in [3.8, 4) is 0 Å². The van der Waals surface area contributed by atoms with Crippen molar-refractivity contribution in [2.24, 2.45) is 0 Å². The Kier molecular flexibility index (Phi) is 3.44. The number of aliphatic hydroxyl groups is 1. The predicted molar refractivity (Wildman–Crippen MR) is 65.7 cm³/mol. The normalized spacial score (nSPS) is 10.5. The Balaban J connectivity index is 2.09. The zero-order chi connectivity index (χ0) is 12.3. The summed E-state index contributed by atoms with van der Waals surface area (Å²) in [7, 11) is 0. The summed E-state index contributed by atoms with van der Waals surface area (Å²) in [6, 6.07) is 3.81. The first kappa shape index (κ1) is 11.7. The SMILES string of the molecule is Cc1cc(CNc2cnccc2CO)c(C)o1. The fraction of sp³-hybridized carbons (Fsp3) is 0.308. The van der Waals surface area contributed by atoms with Crippen LogP contribution >= 0.6 is 0 Å². The highest BCUT2D eigenvalue weighted by atomic mass is 16.3. The number of furan rings is 1. The smallest absolute Gasteiger partial charge is 0.106 e. The van der Waals surface area contributed by atoms with E-state index in [4.69, 9.17) is 4.42 Å². The lowest BCUT2D eigenvalue weighted by Crippen LogP contribution is -2.03. The van der Waals surface area contributed by atoms with E-state index in [2.05, 4.69) is 10.3 Å². The Labute approximate surface area is 100 Å². The molecule has 2 aromatic rings. The fourth-order valence-corrected chi connectivity index (χ4v) is 1.77. The molecule has 0 spiro atoms. The average Bonchev–Trinajstić information content (AvgIpc) is 2.65. The van der Waals surface area contributed by atoms with Gasteiger partial charge in [-0.25, -0.2) is 0 Å². The molecule has 0 aliphatic heterocycles. The number of nitrogens with zero attached hydrogens (tertiary/aromatic N) is 1. The maximum absolute atomic E-state index is 9.19. The molecule has 0 fully saturated rings. The summed E-state index contributed by atoms with van der Waals surface area (Å²) in [5.41, 5.74) is 2.82. The number of aromatic nitrogens is 1. The molecule has 0 saturated heterocycles. The molecular formula is C13H16N2O2. The summed E-state index contributed by atoms with van der Waals surface area (Å²) < 4.78 is 5.45. The fourth-order valence-electron chi connectivity index (χ4n) is 1.77. The van der Waals surface area contributed by atoms with Crippen molar-refractivity contribution < 1.29 is 9.52 Å². The summed E-state index contributed by atoms with van der Waals surface area (Å²) in [5.74, 6) is 1.83. The van der Waals surface area contributed by atoms with E-state index < -0.39 is 0 Å². The first-order chi connectivity index (χ1) is 8.20. The summed E-state index contributed by atoms with van der Waals surface area (Å²) in [6.07, 6.45) is 3.39. The van der Waals surface area contributed by atoms with Crippen LogP contribution in [-0.4, -0.2) is 10.1 Å². The second-order valence-corrected chi connectivity index (χ2v) is 3.98. The quantitative estimate of drug-likeness (QED) is 0.849. The van der Waals surface area contributed by atoms with Crippen LogP contribution in [0.25, 0.3) is 0 Å². The van der Waals surface area contributed by atoms with Crippen molar-refractivity contribution in [2.75, 3.05) is 5.32 Å². The third-order valence-corrected chi connectivity index (χ3v) is 2.69. The van der Waals surface area contributed by atoms with Gasteiger partial charge >= 0.3 is 0 Å². The third-order valence-electron chi connectivity index (χ3n) is 2.69. The van der Waals surface area contributed by atoms with Crippen molar-refractivity contribution in [1.82, 2.24) is 4.98 Å². The highest BCUT2D eigenvalue weighted by Crippen LogP contribution is 2.18. The molecule has 2 rings (SSSR count). The largest absolute Gasteiger partial charge is 0.466 e. The van der Waals surface area contributed by atoms with E-state index in [-0.39, 0.29) is 6.61 Å². The molecule has 0 radical (unpaired) electrons. The standard InChI is InChI=1S/C13H16N2O2/c1-9-5-12(10(2)17-9)6-15-13-7-14-4-3-11(13)8-16/h3-5,7,15-16H,6,8H2,1-2H3. The van der Waals surface area contributed by atoms with Gasteiger partial charge in [0.15, 0.2) is 0 Å². The van der Waals surface area contributed by atoms with Gasteiger partial charge in [-0.3, -0.25) is 4.98 Å². The van der Waals surface area contributed by atoms with Crippen LogP contribution in [0.5, 0.6) is 0 Å². The van der Waals surface area contributed by atoms with E-state index in [1.54, 1.807) is 18.5 Å². The second-order valence-electron chi connectivity index (χ2n) is 3.98. The Morgan fingerprint density at radius 2 is 2.18 bits per heavy atom. The van der Waals surface area contributed by atoms with Gasteiger partial charge in [-0.2, -0.15) is 0 Å². The van der Waals surface area contributed by atoms with Crippen molar-refractivity contribution >= 4 is 5.69 Å². The molecule has 2 heterocycles. The first-order valence-corrected chi connectivity index (χ1v) is 5.54. The van der Waals surface area contributed by atoms with Gasteiger partial charge in [0, 0.05) is 23.9 Å². The molecule has 2 N–H and O–H groups in total. The van der Waals surface area contributed by atoms with Crippen LogP contribution in [0.2, 0.25) is 0 Å². The lowest BCUT2D eigenvalue weighted by atomic mass is 10.2. The van der Waals surface area contributed by atoms with E-state index in [1.807, 2.05) is 19.9 Å². The summed E-state index contributed by atoms with van der Waals surface area (Å²) in [6.45, 7) is 4.55. The van der Waals surface area contributed by atoms with Gasteiger partial charge in [-0.1, -0.05) is 0 Å². The van der Waals surface area contributed by atoms with Crippen LogP contribution in [0.4, 0.5) is 5.69 Å². The van der Waals surface area contributed by atoms with Crippen molar-refractivity contribution in [1.29, 1.82) is 0 Å². The average molecular weight is 232 g/mol. The molecule has 0 amide bonds. The maximum atomic E-state index is 9.19. The number of anilines is 1. The van der Waals surface area contributed by atoms with Crippen molar-refractivity contribution in [3.63, 3.8) is 0 Å². The Hall–Kier alpha value is -1.81. The molecule has 17 heavy (non-hydrogen) atoms. The van der Waals surface area contributed by atoms with Crippen molar-refractivity contribution in [3.05, 3.63) is 47.2 Å². The topological polar surface area (TPSA) is 58.3 Å². The van der Waals surface area contributed by atoms with E-state index in [0.717, 1.165) is 28.3 Å². The van der Waals surface area contributed by atoms with Gasteiger partial charge in [-0.05, 0) is 26.0 Å². The van der Waals surface area contributed by atoms with E-state index in [1.165, 1.54) is 0 Å². The number of pyridine rings is 1.